The first-order valence-corrected chi connectivity index (χ1v) is 11.6. The average molecular weight is 455 g/mol. The molecule has 1 aliphatic rings. The number of hydrogen-bond acceptors (Lipinski definition) is 9. The minimum Gasteiger partial charge on any atom is -0.473 e. The van der Waals surface area contributed by atoms with Gasteiger partial charge in [-0.25, -0.2) is 0 Å². The molecule has 0 amide bonds. The quantitative estimate of drug-likeness (QED) is 0.436. The Hall–Kier alpha value is -3.14. The van der Waals surface area contributed by atoms with Crippen LogP contribution in [0.1, 0.15) is 69.5 Å². The Kier molecular flexibility index (Phi) is 7.12. The summed E-state index contributed by atoms with van der Waals surface area (Å²) in [5, 5.41) is 18.0. The van der Waals surface area contributed by atoms with Gasteiger partial charge in [0.15, 0.2) is 11.6 Å². The maximum Gasteiger partial charge on any atom is 0.228 e. The van der Waals surface area contributed by atoms with E-state index in [0.29, 0.717) is 41.8 Å². The third-order valence-electron chi connectivity index (χ3n) is 5.64. The van der Waals surface area contributed by atoms with Gasteiger partial charge in [-0.15, -0.1) is 0 Å². The molecule has 1 fully saturated rings. The molecule has 0 bridgehead atoms. The third kappa shape index (κ3) is 6.22. The minimum absolute atomic E-state index is 0.0974. The number of likely N-dealkylation sites (N-methyl/N-ethyl adjacent to an activating group) is 1. The molecule has 33 heavy (non-hydrogen) atoms. The summed E-state index contributed by atoms with van der Waals surface area (Å²) in [5.74, 6) is 3.67. The Bertz CT molecular complexity index is 1040. The van der Waals surface area contributed by atoms with Crippen LogP contribution in [0.3, 0.4) is 0 Å². The number of ether oxygens (including phenoxy) is 1. The maximum absolute atomic E-state index is 6.24. The Balaban J connectivity index is 1.51. The molecular weight excluding hydrogens is 420 g/mol. The monoisotopic (exact) mass is 454 g/mol. The van der Waals surface area contributed by atoms with Crippen LogP contribution in [0.2, 0.25) is 0 Å². The van der Waals surface area contributed by atoms with Crippen LogP contribution in [-0.4, -0.2) is 56.5 Å². The predicted molar refractivity (Wildman–Crippen MR) is 127 cm³/mol. The highest BCUT2D eigenvalue weighted by atomic mass is 16.5. The molecule has 10 heteroatoms. The second kappa shape index (κ2) is 10.2. The summed E-state index contributed by atoms with van der Waals surface area (Å²) in [6.45, 7) is 10.8. The number of hydrogen-bond donors (Lipinski definition) is 3. The average Bonchev–Trinajstić information content (AvgIpc) is 3.42. The van der Waals surface area contributed by atoms with E-state index < -0.39 is 0 Å². The number of piperidine rings is 1. The molecule has 3 aromatic rings. The van der Waals surface area contributed by atoms with Gasteiger partial charge >= 0.3 is 0 Å². The molecule has 178 valence electrons. The fourth-order valence-electron chi connectivity index (χ4n) is 3.69. The topological polar surface area (TPSA) is 117 Å². The van der Waals surface area contributed by atoms with E-state index in [2.05, 4.69) is 75.6 Å². The molecule has 0 aromatic carbocycles. The van der Waals surface area contributed by atoms with E-state index in [4.69, 9.17) is 9.26 Å². The number of aromatic amines is 1. The van der Waals surface area contributed by atoms with Gasteiger partial charge in [0.2, 0.25) is 11.8 Å². The standard InChI is InChI=1S/C23H34N8O2/c1-14(2)18-10-21(29-28-18)25-20-11-22(32-16-7-6-8-31(5)13-16)27-23(26-20)24-12-17-9-19(15(3)4)30-33-17/h9-11,14-16H,6-8,12-13H2,1-5H3,(H3,24,25,26,27,28,29). The summed E-state index contributed by atoms with van der Waals surface area (Å²) in [7, 11) is 2.11. The number of anilines is 3. The molecule has 1 unspecified atom stereocenters. The first kappa shape index (κ1) is 23.0. The highest BCUT2D eigenvalue weighted by molar-refractivity contribution is 5.55. The minimum atomic E-state index is 0.0974. The molecule has 1 saturated heterocycles. The lowest BCUT2D eigenvalue weighted by Crippen LogP contribution is -2.38. The second-order valence-corrected chi connectivity index (χ2v) is 9.27. The van der Waals surface area contributed by atoms with Crippen molar-refractivity contribution in [2.75, 3.05) is 30.8 Å². The van der Waals surface area contributed by atoms with E-state index in [1.165, 1.54) is 0 Å². The number of aromatic nitrogens is 5. The van der Waals surface area contributed by atoms with Crippen LogP contribution < -0.4 is 15.4 Å². The van der Waals surface area contributed by atoms with Gasteiger partial charge in [-0.1, -0.05) is 32.9 Å². The number of H-pyrrole nitrogens is 1. The number of nitrogens with zero attached hydrogens (tertiary/aromatic N) is 5. The molecule has 0 spiro atoms. The molecule has 4 rings (SSSR count). The number of nitrogens with one attached hydrogen (secondary N) is 3. The van der Waals surface area contributed by atoms with Crippen molar-refractivity contribution >= 4 is 17.6 Å². The fourth-order valence-corrected chi connectivity index (χ4v) is 3.69. The maximum atomic E-state index is 6.24. The van der Waals surface area contributed by atoms with Gasteiger partial charge in [0.05, 0.1) is 12.2 Å². The van der Waals surface area contributed by atoms with Gasteiger partial charge in [-0.05, 0) is 38.3 Å². The molecule has 3 aromatic heterocycles. The van der Waals surface area contributed by atoms with Gasteiger partial charge in [0.1, 0.15) is 11.9 Å². The molecule has 10 nitrogen and oxygen atoms in total. The smallest absolute Gasteiger partial charge is 0.228 e. The van der Waals surface area contributed by atoms with Crippen molar-refractivity contribution in [3.05, 3.63) is 35.3 Å². The van der Waals surface area contributed by atoms with Crippen LogP contribution in [0.15, 0.2) is 22.7 Å². The third-order valence-corrected chi connectivity index (χ3v) is 5.64. The SMILES string of the molecule is CC(C)c1cc(CNc2nc(Nc3cc(C(C)C)[nH]n3)cc(OC3CCCN(C)C3)n2)on1. The Morgan fingerprint density at radius 2 is 2.00 bits per heavy atom. The molecule has 0 aliphatic carbocycles. The molecule has 1 atom stereocenters. The van der Waals surface area contributed by atoms with Gasteiger partial charge in [-0.2, -0.15) is 15.1 Å². The number of likely N-dealkylation sites (tertiary alicyclic amines) is 1. The second-order valence-electron chi connectivity index (χ2n) is 9.27. The van der Waals surface area contributed by atoms with E-state index in [1.54, 1.807) is 0 Å². The van der Waals surface area contributed by atoms with Crippen LogP contribution in [0, 0.1) is 0 Å². The van der Waals surface area contributed by atoms with Crippen LogP contribution in [-0.2, 0) is 6.54 Å². The molecule has 3 N–H and O–H groups in total. The first-order chi connectivity index (χ1) is 15.9. The van der Waals surface area contributed by atoms with Gasteiger partial charge in [0, 0.05) is 30.4 Å². The van der Waals surface area contributed by atoms with Gasteiger partial charge in [0.25, 0.3) is 0 Å². The zero-order valence-electron chi connectivity index (χ0n) is 20.1. The summed E-state index contributed by atoms with van der Waals surface area (Å²) < 4.78 is 11.7. The Morgan fingerprint density at radius 1 is 1.15 bits per heavy atom. The Morgan fingerprint density at radius 3 is 2.70 bits per heavy atom. The summed E-state index contributed by atoms with van der Waals surface area (Å²) in [6.07, 6.45) is 2.21. The summed E-state index contributed by atoms with van der Waals surface area (Å²) in [5.41, 5.74) is 1.98. The van der Waals surface area contributed by atoms with Crippen molar-refractivity contribution in [2.45, 2.75) is 65.0 Å². The van der Waals surface area contributed by atoms with E-state index >= 15 is 0 Å². The zero-order chi connectivity index (χ0) is 23.4. The first-order valence-electron chi connectivity index (χ1n) is 11.6. The molecule has 0 radical (unpaired) electrons. The summed E-state index contributed by atoms with van der Waals surface area (Å²) >= 11 is 0. The van der Waals surface area contributed by atoms with Crippen molar-refractivity contribution < 1.29 is 9.26 Å². The fraction of sp³-hybridized carbons (Fsp3) is 0.565. The van der Waals surface area contributed by atoms with Crippen LogP contribution in [0.4, 0.5) is 17.6 Å². The molecule has 0 saturated carbocycles. The van der Waals surface area contributed by atoms with Crippen molar-refractivity contribution in [2.24, 2.45) is 0 Å². The van der Waals surface area contributed by atoms with Crippen molar-refractivity contribution in [3.8, 4) is 5.88 Å². The van der Waals surface area contributed by atoms with Crippen molar-refractivity contribution in [1.82, 2.24) is 30.2 Å². The molecule has 4 heterocycles. The van der Waals surface area contributed by atoms with Crippen molar-refractivity contribution in [3.63, 3.8) is 0 Å². The highest BCUT2D eigenvalue weighted by Crippen LogP contribution is 2.24. The summed E-state index contributed by atoms with van der Waals surface area (Å²) in [4.78, 5) is 11.5. The number of rotatable bonds is 9. The van der Waals surface area contributed by atoms with Gasteiger partial charge in [-0.3, -0.25) is 5.10 Å². The zero-order valence-corrected chi connectivity index (χ0v) is 20.1. The van der Waals surface area contributed by atoms with E-state index in [1.807, 2.05) is 18.2 Å². The predicted octanol–water partition coefficient (Wildman–Crippen LogP) is 4.26. The highest BCUT2D eigenvalue weighted by Gasteiger charge is 2.20. The Labute approximate surface area is 194 Å². The summed E-state index contributed by atoms with van der Waals surface area (Å²) in [6, 6.07) is 5.75. The lowest BCUT2D eigenvalue weighted by molar-refractivity contribution is 0.100. The molecular formula is C23H34N8O2. The van der Waals surface area contributed by atoms with E-state index in [9.17, 15) is 0 Å². The lowest BCUT2D eigenvalue weighted by Gasteiger charge is -2.29. The van der Waals surface area contributed by atoms with Crippen LogP contribution >= 0.6 is 0 Å². The molecule has 1 aliphatic heterocycles. The van der Waals surface area contributed by atoms with Crippen LogP contribution in [0.5, 0.6) is 5.88 Å². The van der Waals surface area contributed by atoms with Crippen LogP contribution in [0.25, 0.3) is 0 Å². The van der Waals surface area contributed by atoms with Gasteiger partial charge < -0.3 is 24.8 Å². The van der Waals surface area contributed by atoms with E-state index in [-0.39, 0.29) is 6.10 Å². The van der Waals surface area contributed by atoms with Crippen molar-refractivity contribution in [1.29, 1.82) is 0 Å². The largest absolute Gasteiger partial charge is 0.473 e. The lowest BCUT2D eigenvalue weighted by atomic mass is 10.1. The van der Waals surface area contributed by atoms with E-state index in [0.717, 1.165) is 43.1 Å². The normalized spacial score (nSPS) is 17.0.